The number of fused-ring (bicyclic) bond motifs is 1. The number of benzene rings is 2. The van der Waals surface area contributed by atoms with E-state index in [1.54, 1.807) is 6.07 Å². The minimum absolute atomic E-state index is 0.117. The highest BCUT2D eigenvalue weighted by atomic mass is 19.2. The Morgan fingerprint density at radius 3 is 2.43 bits per heavy atom. The predicted octanol–water partition coefficient (Wildman–Crippen LogP) is 4.75. The zero-order valence-electron chi connectivity index (χ0n) is 20.8. The summed E-state index contributed by atoms with van der Waals surface area (Å²) in [5, 5.41) is 12.1. The van der Waals surface area contributed by atoms with Crippen LogP contribution in [0.1, 0.15) is 65.0 Å². The number of aryl methyl sites for hydroxylation is 2. The number of halogens is 2. The fourth-order valence-corrected chi connectivity index (χ4v) is 4.75. The molecule has 3 aromatic rings. The molecule has 1 amide bonds. The van der Waals surface area contributed by atoms with Gasteiger partial charge in [-0.25, -0.2) is 8.78 Å². The standard InChI is InChI=1S/C27H33F2N5O/c1-17(2)11-24(30-27(35)21-13-18(3)12-19(4)14-21)26-32-31-25-7-8-33(9-10-34(25)26)16-20-5-6-22(28)23(29)15-20/h5-6,12-15,17,24H,7-11,16H2,1-4H3,(H,30,35)/t24-/m1/s1. The van der Waals surface area contributed by atoms with E-state index in [1.807, 2.05) is 32.0 Å². The van der Waals surface area contributed by atoms with Crippen molar-refractivity contribution in [2.24, 2.45) is 5.92 Å². The smallest absolute Gasteiger partial charge is 0.251 e. The zero-order chi connectivity index (χ0) is 25.1. The molecule has 1 aliphatic rings. The molecule has 8 heteroatoms. The lowest BCUT2D eigenvalue weighted by Gasteiger charge is -2.22. The van der Waals surface area contributed by atoms with Crippen LogP contribution in [-0.4, -0.2) is 38.7 Å². The maximum absolute atomic E-state index is 13.6. The Bertz CT molecular complexity index is 1190. The van der Waals surface area contributed by atoms with Crippen LogP contribution in [0.3, 0.4) is 0 Å². The fraction of sp³-hybridized carbons (Fsp3) is 0.444. The number of nitrogens with zero attached hydrogens (tertiary/aromatic N) is 4. The molecule has 1 atom stereocenters. The first-order valence-electron chi connectivity index (χ1n) is 12.2. The van der Waals surface area contributed by atoms with Gasteiger partial charge in [0.05, 0.1) is 6.04 Å². The van der Waals surface area contributed by atoms with Crippen molar-refractivity contribution in [3.63, 3.8) is 0 Å². The normalized spacial score (nSPS) is 15.1. The maximum atomic E-state index is 13.6. The topological polar surface area (TPSA) is 63.1 Å². The predicted molar refractivity (Wildman–Crippen MR) is 131 cm³/mol. The number of amides is 1. The number of hydrogen-bond acceptors (Lipinski definition) is 4. The van der Waals surface area contributed by atoms with E-state index >= 15 is 0 Å². The minimum atomic E-state index is -0.834. The molecule has 0 spiro atoms. The van der Waals surface area contributed by atoms with E-state index in [0.717, 1.165) is 47.8 Å². The van der Waals surface area contributed by atoms with Crippen LogP contribution in [0.5, 0.6) is 0 Å². The van der Waals surface area contributed by atoms with Crippen LogP contribution in [0.2, 0.25) is 0 Å². The molecule has 0 bridgehead atoms. The first-order valence-corrected chi connectivity index (χ1v) is 12.2. The first-order chi connectivity index (χ1) is 16.7. The van der Waals surface area contributed by atoms with Gasteiger partial charge >= 0.3 is 0 Å². The van der Waals surface area contributed by atoms with Crippen LogP contribution in [0.25, 0.3) is 0 Å². The maximum Gasteiger partial charge on any atom is 0.251 e. The van der Waals surface area contributed by atoms with E-state index < -0.39 is 11.6 Å². The number of hydrogen-bond donors (Lipinski definition) is 1. The fourth-order valence-electron chi connectivity index (χ4n) is 4.75. The number of nitrogens with one attached hydrogen (secondary N) is 1. The molecule has 2 aromatic carbocycles. The van der Waals surface area contributed by atoms with E-state index in [9.17, 15) is 13.6 Å². The molecule has 0 unspecified atom stereocenters. The molecule has 0 saturated heterocycles. The lowest BCUT2D eigenvalue weighted by atomic mass is 10.0. The van der Waals surface area contributed by atoms with Gasteiger partial charge in [0.25, 0.3) is 5.91 Å². The van der Waals surface area contributed by atoms with E-state index in [-0.39, 0.29) is 11.9 Å². The lowest BCUT2D eigenvalue weighted by molar-refractivity contribution is 0.0928. The van der Waals surface area contributed by atoms with Crippen molar-refractivity contribution in [3.8, 4) is 0 Å². The summed E-state index contributed by atoms with van der Waals surface area (Å²) in [4.78, 5) is 15.3. The molecular weight excluding hydrogens is 448 g/mol. The highest BCUT2D eigenvalue weighted by molar-refractivity contribution is 5.94. The quantitative estimate of drug-likeness (QED) is 0.529. The summed E-state index contributed by atoms with van der Waals surface area (Å²) in [6.45, 7) is 10.9. The summed E-state index contributed by atoms with van der Waals surface area (Å²) in [5.74, 6) is 0.215. The Labute approximate surface area is 205 Å². The average Bonchev–Trinajstić information content (AvgIpc) is 3.09. The third kappa shape index (κ3) is 6.11. The lowest BCUT2D eigenvalue weighted by Crippen LogP contribution is -2.32. The van der Waals surface area contributed by atoms with Crippen molar-refractivity contribution >= 4 is 5.91 Å². The van der Waals surface area contributed by atoms with Gasteiger partial charge in [-0.05, 0) is 56.0 Å². The van der Waals surface area contributed by atoms with Gasteiger partial charge < -0.3 is 9.88 Å². The van der Waals surface area contributed by atoms with Crippen LogP contribution in [0, 0.1) is 31.4 Å². The number of aromatic nitrogens is 3. The van der Waals surface area contributed by atoms with Crippen LogP contribution in [-0.2, 0) is 19.5 Å². The zero-order valence-corrected chi connectivity index (χ0v) is 20.8. The second-order valence-electron chi connectivity index (χ2n) is 9.93. The van der Waals surface area contributed by atoms with Crippen LogP contribution in [0.4, 0.5) is 8.78 Å². The van der Waals surface area contributed by atoms with Crippen LogP contribution in [0.15, 0.2) is 36.4 Å². The van der Waals surface area contributed by atoms with Gasteiger partial charge in [-0.2, -0.15) is 0 Å². The SMILES string of the molecule is Cc1cc(C)cc(C(=O)N[C@H](CC(C)C)c2nnc3n2CCN(Cc2ccc(F)c(F)c2)CC3)c1. The molecule has 186 valence electrons. The minimum Gasteiger partial charge on any atom is -0.342 e. The second-order valence-corrected chi connectivity index (χ2v) is 9.93. The summed E-state index contributed by atoms with van der Waals surface area (Å²) in [6, 6.07) is 9.63. The van der Waals surface area contributed by atoms with Crippen molar-refractivity contribution < 1.29 is 13.6 Å². The Morgan fingerprint density at radius 1 is 1.00 bits per heavy atom. The third-order valence-corrected chi connectivity index (χ3v) is 6.35. The van der Waals surface area contributed by atoms with Crippen LogP contribution < -0.4 is 5.32 Å². The molecule has 0 fully saturated rings. The molecule has 0 aliphatic carbocycles. The molecule has 0 saturated carbocycles. The number of rotatable bonds is 7. The van der Waals surface area contributed by atoms with Crippen LogP contribution >= 0.6 is 0 Å². The average molecular weight is 482 g/mol. The molecule has 1 N–H and O–H groups in total. The summed E-state index contributed by atoms with van der Waals surface area (Å²) >= 11 is 0. The van der Waals surface area contributed by atoms with Gasteiger partial charge in [-0.1, -0.05) is 37.1 Å². The van der Waals surface area contributed by atoms with Crippen molar-refractivity contribution in [2.45, 2.75) is 59.7 Å². The van der Waals surface area contributed by atoms with Crippen molar-refractivity contribution in [1.82, 2.24) is 25.0 Å². The first kappa shape index (κ1) is 25.0. The Morgan fingerprint density at radius 2 is 1.74 bits per heavy atom. The molecule has 2 heterocycles. The van der Waals surface area contributed by atoms with E-state index in [2.05, 4.69) is 38.8 Å². The van der Waals surface area contributed by atoms with Gasteiger partial charge in [-0.15, -0.1) is 10.2 Å². The summed E-state index contributed by atoms with van der Waals surface area (Å²) < 4.78 is 29.0. The molecule has 35 heavy (non-hydrogen) atoms. The molecule has 1 aromatic heterocycles. The van der Waals surface area contributed by atoms with Gasteiger partial charge in [0, 0.05) is 38.2 Å². The Kier molecular flexibility index (Phi) is 7.60. The van der Waals surface area contributed by atoms with Crippen molar-refractivity contribution in [3.05, 3.63) is 81.9 Å². The van der Waals surface area contributed by atoms with E-state index in [4.69, 9.17) is 0 Å². The van der Waals surface area contributed by atoms with E-state index in [0.29, 0.717) is 31.0 Å². The number of carbonyl (C=O) groups is 1. The molecule has 0 radical (unpaired) electrons. The van der Waals surface area contributed by atoms with Crippen molar-refractivity contribution in [2.75, 3.05) is 13.1 Å². The molecule has 4 rings (SSSR count). The van der Waals surface area contributed by atoms with Gasteiger partial charge in [-0.3, -0.25) is 9.69 Å². The second kappa shape index (κ2) is 10.6. The highest BCUT2D eigenvalue weighted by Crippen LogP contribution is 2.24. The third-order valence-electron chi connectivity index (χ3n) is 6.35. The Balaban J connectivity index is 1.51. The molecule has 6 nitrogen and oxygen atoms in total. The van der Waals surface area contributed by atoms with Crippen molar-refractivity contribution in [1.29, 1.82) is 0 Å². The van der Waals surface area contributed by atoms with Gasteiger partial charge in [0.1, 0.15) is 5.82 Å². The number of carbonyl (C=O) groups excluding carboxylic acids is 1. The summed E-state index contributed by atoms with van der Waals surface area (Å²) in [5.41, 5.74) is 3.48. The van der Waals surface area contributed by atoms with Gasteiger partial charge in [0.2, 0.25) is 0 Å². The molecular formula is C27H33F2N5O. The summed E-state index contributed by atoms with van der Waals surface area (Å²) in [6.07, 6.45) is 1.43. The van der Waals surface area contributed by atoms with Gasteiger partial charge in [0.15, 0.2) is 17.5 Å². The molecule has 1 aliphatic heterocycles. The monoisotopic (exact) mass is 481 g/mol. The largest absolute Gasteiger partial charge is 0.342 e. The highest BCUT2D eigenvalue weighted by Gasteiger charge is 2.26. The van der Waals surface area contributed by atoms with E-state index in [1.165, 1.54) is 12.1 Å². The Hall–Kier alpha value is -3.13. The summed E-state index contributed by atoms with van der Waals surface area (Å²) in [7, 11) is 0.